The van der Waals surface area contributed by atoms with Crippen molar-refractivity contribution in [2.75, 3.05) is 16.4 Å². The lowest BCUT2D eigenvalue weighted by atomic mass is 10.2. The number of nitrogens with zero attached hydrogens (tertiary/aromatic N) is 2. The molecule has 7 nitrogen and oxygen atoms in total. The monoisotopic (exact) mass is 427 g/mol. The Morgan fingerprint density at radius 2 is 1.96 bits per heavy atom. The predicted molar refractivity (Wildman–Crippen MR) is 104 cm³/mol. The van der Waals surface area contributed by atoms with Gasteiger partial charge in [0.15, 0.2) is 0 Å². The van der Waals surface area contributed by atoms with E-state index in [9.17, 15) is 9.32 Å². The van der Waals surface area contributed by atoms with Gasteiger partial charge in [-0.1, -0.05) is 6.92 Å². The van der Waals surface area contributed by atoms with Crippen molar-refractivity contribution >= 4 is 43.1 Å². The summed E-state index contributed by atoms with van der Waals surface area (Å²) in [6.07, 6.45) is 1.10. The number of hydrogen-bond acceptors (Lipinski definition) is 7. The van der Waals surface area contributed by atoms with E-state index in [1.165, 1.54) is 0 Å². The molecule has 3 atom stereocenters. The third kappa shape index (κ3) is 5.13. The Kier molecular flexibility index (Phi) is 6.36. The Morgan fingerprint density at radius 1 is 1.32 bits per heavy atom. The Labute approximate surface area is 156 Å². The van der Waals surface area contributed by atoms with Crippen LogP contribution in [0.1, 0.15) is 20.8 Å². The molecule has 1 heterocycles. The highest BCUT2D eigenvalue weighted by molar-refractivity contribution is 9.10. The number of aromatic nitrogens is 2. The minimum absolute atomic E-state index is 0.169. The summed E-state index contributed by atoms with van der Waals surface area (Å²) in [5.41, 5.74) is 0.729. The number of nitrogens with one attached hydrogen (secondary N) is 3. The third-order valence-corrected chi connectivity index (χ3v) is 6.16. The van der Waals surface area contributed by atoms with Gasteiger partial charge in [-0.3, -0.25) is 0 Å². The Hall–Kier alpha value is -1.71. The van der Waals surface area contributed by atoms with Gasteiger partial charge < -0.3 is 15.7 Å². The first-order chi connectivity index (χ1) is 11.7. The predicted octanol–water partition coefficient (Wildman–Crippen LogP) is 3.59. The zero-order valence-corrected chi connectivity index (χ0v) is 16.7. The molecule has 4 N–H and O–H groups in total. The van der Waals surface area contributed by atoms with E-state index in [2.05, 4.69) is 36.5 Å². The molecule has 0 radical (unpaired) electrons. The molecule has 136 valence electrons. The highest BCUT2D eigenvalue weighted by Gasteiger charge is 2.13. The van der Waals surface area contributed by atoms with Crippen molar-refractivity contribution < 1.29 is 9.32 Å². The van der Waals surface area contributed by atoms with Gasteiger partial charge in [0, 0.05) is 22.5 Å². The van der Waals surface area contributed by atoms with Crippen LogP contribution in [0.25, 0.3) is 0 Å². The Morgan fingerprint density at radius 3 is 2.52 bits per heavy atom. The summed E-state index contributed by atoms with van der Waals surface area (Å²) >= 11 is 3.38. The maximum absolute atomic E-state index is 12.1. The molecule has 0 amide bonds. The van der Waals surface area contributed by atoms with Crippen LogP contribution in [0.3, 0.4) is 0 Å². The van der Waals surface area contributed by atoms with Crippen molar-refractivity contribution in [2.45, 2.75) is 37.8 Å². The number of benzene rings is 1. The Bertz CT molecular complexity index is 825. The largest absolute Gasteiger partial charge is 0.391 e. The van der Waals surface area contributed by atoms with Crippen LogP contribution in [0, 0.1) is 4.78 Å². The number of aliphatic hydroxyl groups is 1. The first-order valence-corrected chi connectivity index (χ1v) is 10.4. The second-order valence-corrected chi connectivity index (χ2v) is 8.93. The molecule has 25 heavy (non-hydrogen) atoms. The van der Waals surface area contributed by atoms with Crippen LogP contribution in [-0.4, -0.2) is 37.2 Å². The van der Waals surface area contributed by atoms with Gasteiger partial charge >= 0.3 is 0 Å². The molecule has 2 rings (SSSR count). The molecule has 9 heteroatoms. The number of anilines is 3. The lowest BCUT2D eigenvalue weighted by molar-refractivity contribution is 0.177. The van der Waals surface area contributed by atoms with E-state index in [0.717, 1.165) is 5.69 Å². The topological polar surface area (TPSA) is 111 Å². The van der Waals surface area contributed by atoms with Crippen LogP contribution in [0.15, 0.2) is 39.8 Å². The highest BCUT2D eigenvalue weighted by atomic mass is 79.9. The van der Waals surface area contributed by atoms with Gasteiger partial charge in [-0.2, -0.15) is 4.98 Å². The molecular weight excluding hydrogens is 406 g/mol. The summed E-state index contributed by atoms with van der Waals surface area (Å²) in [6, 6.07) is 6.67. The van der Waals surface area contributed by atoms with Gasteiger partial charge in [-0.25, -0.2) is 14.0 Å². The van der Waals surface area contributed by atoms with Gasteiger partial charge in [0.2, 0.25) is 5.95 Å². The first-order valence-electron chi connectivity index (χ1n) is 7.83. The molecule has 0 saturated carbocycles. The highest BCUT2D eigenvalue weighted by Crippen LogP contribution is 2.23. The lowest BCUT2D eigenvalue weighted by Crippen LogP contribution is -2.28. The Balaban J connectivity index is 2.18. The van der Waals surface area contributed by atoms with Crippen LogP contribution in [-0.2, 0) is 9.73 Å². The molecule has 2 aromatic rings. The van der Waals surface area contributed by atoms with Gasteiger partial charge in [0.1, 0.15) is 5.82 Å². The fraction of sp³-hybridized carbons (Fsp3) is 0.375. The second-order valence-electron chi connectivity index (χ2n) is 5.68. The van der Waals surface area contributed by atoms with Crippen molar-refractivity contribution in [3.63, 3.8) is 0 Å². The molecule has 0 bridgehead atoms. The first kappa shape index (κ1) is 19.6. The number of rotatable bonds is 7. The average Bonchev–Trinajstić information content (AvgIpc) is 2.58. The third-order valence-electron chi connectivity index (χ3n) is 3.73. The second kappa shape index (κ2) is 8.11. The van der Waals surface area contributed by atoms with Crippen LogP contribution < -0.4 is 10.6 Å². The maximum Gasteiger partial charge on any atom is 0.229 e. The normalized spacial score (nSPS) is 15.9. The van der Waals surface area contributed by atoms with E-state index in [1.807, 2.05) is 6.92 Å². The summed E-state index contributed by atoms with van der Waals surface area (Å²) in [4.78, 5) is 9.11. The lowest BCUT2D eigenvalue weighted by Gasteiger charge is -2.18. The van der Waals surface area contributed by atoms with Crippen LogP contribution in [0.2, 0.25) is 0 Å². The molecule has 0 aliphatic carbocycles. The molecule has 1 aromatic carbocycles. The molecule has 0 aliphatic rings. The SMILES string of the molecule is CC[S@@](=N)(=O)c1ccc(Nc2ncc(Br)c(N[C@H](C)[C@@H](C)O)n2)cc1. The van der Waals surface area contributed by atoms with E-state index in [-0.39, 0.29) is 11.8 Å². The minimum Gasteiger partial charge on any atom is -0.391 e. The fourth-order valence-corrected chi connectivity index (χ4v) is 3.13. The molecule has 1 aromatic heterocycles. The number of hydrogen-bond donors (Lipinski definition) is 4. The van der Waals surface area contributed by atoms with E-state index in [4.69, 9.17) is 4.78 Å². The van der Waals surface area contributed by atoms with E-state index in [0.29, 0.717) is 21.1 Å². The summed E-state index contributed by atoms with van der Waals surface area (Å²) in [6.45, 7) is 5.30. The van der Waals surface area contributed by atoms with Crippen LogP contribution in [0.5, 0.6) is 0 Å². The van der Waals surface area contributed by atoms with E-state index in [1.54, 1.807) is 44.3 Å². The number of aliphatic hydroxyl groups excluding tert-OH is 1. The fourth-order valence-electron chi connectivity index (χ4n) is 1.92. The van der Waals surface area contributed by atoms with Gasteiger partial charge in [0.05, 0.1) is 26.3 Å². The molecule has 0 unspecified atom stereocenters. The minimum atomic E-state index is -2.72. The standard InChI is InChI=1S/C16H22BrN5O2S/c1-4-25(18,24)13-7-5-12(6-8-13)21-16-19-9-14(17)15(22-16)20-10(2)11(3)23/h5-11,18,23H,4H2,1-3H3,(H2,19,20,21,22)/t10-,11-,25-/m1/s1. The van der Waals surface area contributed by atoms with Gasteiger partial charge in [-0.15, -0.1) is 0 Å². The average molecular weight is 428 g/mol. The summed E-state index contributed by atoms with van der Waals surface area (Å²) in [5.74, 6) is 1.24. The summed E-state index contributed by atoms with van der Waals surface area (Å²) in [7, 11) is -2.72. The molecule has 0 saturated heterocycles. The summed E-state index contributed by atoms with van der Waals surface area (Å²) < 4.78 is 20.6. The zero-order chi connectivity index (χ0) is 18.6. The van der Waals surface area contributed by atoms with Crippen LogP contribution in [0.4, 0.5) is 17.5 Å². The zero-order valence-electron chi connectivity index (χ0n) is 14.3. The quantitative estimate of drug-likeness (QED) is 0.537. The van der Waals surface area contributed by atoms with Crippen molar-refractivity contribution in [1.29, 1.82) is 4.78 Å². The summed E-state index contributed by atoms with van der Waals surface area (Å²) in [5, 5.41) is 15.8. The smallest absolute Gasteiger partial charge is 0.229 e. The van der Waals surface area contributed by atoms with E-state index >= 15 is 0 Å². The van der Waals surface area contributed by atoms with Crippen LogP contribution >= 0.6 is 15.9 Å². The molecular formula is C16H22BrN5O2S. The van der Waals surface area contributed by atoms with E-state index < -0.39 is 15.8 Å². The number of halogens is 1. The molecule has 0 fully saturated rings. The van der Waals surface area contributed by atoms with Gasteiger partial charge in [0.25, 0.3) is 0 Å². The van der Waals surface area contributed by atoms with Crippen molar-refractivity contribution in [1.82, 2.24) is 9.97 Å². The molecule has 0 spiro atoms. The van der Waals surface area contributed by atoms with Crippen molar-refractivity contribution in [3.05, 3.63) is 34.9 Å². The van der Waals surface area contributed by atoms with Crippen molar-refractivity contribution in [3.8, 4) is 0 Å². The maximum atomic E-state index is 12.1. The molecule has 0 aliphatic heterocycles. The van der Waals surface area contributed by atoms with Gasteiger partial charge in [-0.05, 0) is 54.0 Å². The van der Waals surface area contributed by atoms with Crippen molar-refractivity contribution in [2.24, 2.45) is 0 Å².